The van der Waals surface area contributed by atoms with Crippen LogP contribution in [0.15, 0.2) is 23.6 Å². The second-order valence-corrected chi connectivity index (χ2v) is 5.28. The minimum Gasteiger partial charge on any atom is -0.494 e. The number of benzene rings is 1. The lowest BCUT2D eigenvalue weighted by Crippen LogP contribution is -2.07. The second-order valence-electron chi connectivity index (χ2n) is 4.22. The zero-order valence-electron chi connectivity index (χ0n) is 10.8. The molecule has 1 aromatic heterocycles. The van der Waals surface area contributed by atoms with E-state index in [2.05, 4.69) is 4.98 Å². The number of carbonyl (C=O) groups is 1. The molecule has 0 radical (unpaired) electrons. The number of hydrogen-bond acceptors (Lipinski definition) is 4. The second kappa shape index (κ2) is 5.93. The van der Waals surface area contributed by atoms with Crippen molar-refractivity contribution in [3.8, 4) is 5.75 Å². The maximum Gasteiger partial charge on any atom is 0.165 e. The smallest absolute Gasteiger partial charge is 0.165 e. The lowest BCUT2D eigenvalue weighted by atomic mass is 10.1. The van der Waals surface area contributed by atoms with Crippen molar-refractivity contribution >= 4 is 17.1 Å². The summed E-state index contributed by atoms with van der Waals surface area (Å²) in [6.07, 6.45) is 0.496. The fourth-order valence-corrected chi connectivity index (χ4v) is 2.41. The Kier molecular flexibility index (Phi) is 4.27. The van der Waals surface area contributed by atoms with Gasteiger partial charge in [0.1, 0.15) is 5.78 Å². The van der Waals surface area contributed by atoms with Crippen LogP contribution in [0.1, 0.15) is 16.3 Å². The first-order valence-electron chi connectivity index (χ1n) is 5.83. The molecule has 0 saturated heterocycles. The van der Waals surface area contributed by atoms with E-state index >= 15 is 0 Å². The summed E-state index contributed by atoms with van der Waals surface area (Å²) in [7, 11) is 1.41. The fraction of sp³-hybridized carbons (Fsp3) is 0.286. The molecule has 0 amide bonds. The molecule has 2 aromatic rings. The number of methoxy groups -OCH3 is 1. The number of halogens is 1. The van der Waals surface area contributed by atoms with E-state index in [9.17, 15) is 9.18 Å². The molecular formula is C14H14FNO2S. The molecule has 5 heteroatoms. The molecule has 0 spiro atoms. The number of Topliss-reactive ketones (excluding diaryl/α,β-unsaturated/α-hetero) is 1. The highest BCUT2D eigenvalue weighted by molar-refractivity contribution is 7.09. The van der Waals surface area contributed by atoms with E-state index in [0.29, 0.717) is 5.56 Å². The summed E-state index contributed by atoms with van der Waals surface area (Å²) >= 11 is 1.52. The minimum absolute atomic E-state index is 0.0230. The van der Waals surface area contributed by atoms with Crippen LogP contribution >= 0.6 is 11.3 Å². The van der Waals surface area contributed by atoms with Gasteiger partial charge in [-0.15, -0.1) is 11.3 Å². The third kappa shape index (κ3) is 3.61. The van der Waals surface area contributed by atoms with Crippen LogP contribution in [0.2, 0.25) is 0 Å². The number of hydrogen-bond donors (Lipinski definition) is 0. The molecule has 0 unspecified atom stereocenters. The molecule has 0 atom stereocenters. The number of thiazole rings is 1. The molecule has 0 aliphatic carbocycles. The Morgan fingerprint density at radius 1 is 1.42 bits per heavy atom. The highest BCUT2D eigenvalue weighted by Crippen LogP contribution is 2.18. The van der Waals surface area contributed by atoms with Crippen molar-refractivity contribution in [2.75, 3.05) is 7.11 Å². The normalized spacial score (nSPS) is 10.5. The first kappa shape index (κ1) is 13.7. The quantitative estimate of drug-likeness (QED) is 0.844. The van der Waals surface area contributed by atoms with Crippen LogP contribution in [-0.2, 0) is 17.6 Å². The highest BCUT2D eigenvalue weighted by atomic mass is 32.1. The predicted octanol–water partition coefficient (Wildman–Crippen LogP) is 2.95. The van der Waals surface area contributed by atoms with Crippen molar-refractivity contribution in [1.29, 1.82) is 0 Å². The average Bonchev–Trinajstić information content (AvgIpc) is 2.74. The molecule has 100 valence electrons. The Bertz CT molecular complexity index is 595. The summed E-state index contributed by atoms with van der Waals surface area (Å²) in [5.41, 5.74) is 1.43. The van der Waals surface area contributed by atoms with E-state index in [4.69, 9.17) is 4.74 Å². The minimum atomic E-state index is -0.447. The Balaban J connectivity index is 2.00. The molecule has 0 N–H and O–H groups in total. The van der Waals surface area contributed by atoms with Crippen molar-refractivity contribution in [2.24, 2.45) is 0 Å². The standard InChI is InChI=1S/C14H14FNO2S/c1-9-16-11(8-19-9)7-12(17)5-10-3-4-14(18-2)13(15)6-10/h3-4,6,8H,5,7H2,1-2H3. The largest absolute Gasteiger partial charge is 0.494 e. The molecule has 1 heterocycles. The summed E-state index contributed by atoms with van der Waals surface area (Å²) in [6, 6.07) is 4.57. The van der Waals surface area contributed by atoms with Crippen LogP contribution in [0.25, 0.3) is 0 Å². The van der Waals surface area contributed by atoms with E-state index in [-0.39, 0.29) is 24.4 Å². The number of ketones is 1. The van der Waals surface area contributed by atoms with Crippen molar-refractivity contribution in [3.63, 3.8) is 0 Å². The van der Waals surface area contributed by atoms with Crippen molar-refractivity contribution in [3.05, 3.63) is 45.7 Å². The third-order valence-electron chi connectivity index (χ3n) is 2.66. The monoisotopic (exact) mass is 279 g/mol. The maximum atomic E-state index is 13.5. The van der Waals surface area contributed by atoms with Crippen molar-refractivity contribution in [2.45, 2.75) is 19.8 Å². The molecule has 0 aliphatic rings. The molecule has 0 fully saturated rings. The average molecular weight is 279 g/mol. The van der Waals surface area contributed by atoms with E-state index in [1.165, 1.54) is 30.6 Å². The van der Waals surface area contributed by atoms with Gasteiger partial charge in [0.05, 0.1) is 17.8 Å². The first-order chi connectivity index (χ1) is 9.08. The predicted molar refractivity (Wildman–Crippen MR) is 72.2 cm³/mol. The maximum absolute atomic E-state index is 13.5. The number of aromatic nitrogens is 1. The fourth-order valence-electron chi connectivity index (χ4n) is 1.80. The topological polar surface area (TPSA) is 39.2 Å². The van der Waals surface area contributed by atoms with E-state index < -0.39 is 5.82 Å². The lowest BCUT2D eigenvalue weighted by Gasteiger charge is -2.04. The van der Waals surface area contributed by atoms with Gasteiger partial charge < -0.3 is 4.74 Å². The lowest BCUT2D eigenvalue weighted by molar-refractivity contribution is -0.117. The van der Waals surface area contributed by atoms with Gasteiger partial charge in [-0.1, -0.05) is 6.07 Å². The molecule has 1 aromatic carbocycles. The summed E-state index contributed by atoms with van der Waals surface area (Å²) in [6.45, 7) is 1.90. The van der Waals surface area contributed by atoms with Crippen LogP contribution in [0.3, 0.4) is 0 Å². The molecular weight excluding hydrogens is 265 g/mol. The van der Waals surface area contributed by atoms with Gasteiger partial charge in [0, 0.05) is 18.2 Å². The van der Waals surface area contributed by atoms with Crippen molar-refractivity contribution < 1.29 is 13.9 Å². The zero-order chi connectivity index (χ0) is 13.8. The number of rotatable bonds is 5. The van der Waals surface area contributed by atoms with Crippen LogP contribution in [0.5, 0.6) is 5.75 Å². The molecule has 0 aliphatic heterocycles. The van der Waals surface area contributed by atoms with Gasteiger partial charge in [-0.05, 0) is 24.6 Å². The van der Waals surface area contributed by atoms with E-state index in [1.807, 2.05) is 12.3 Å². The summed E-state index contributed by atoms with van der Waals surface area (Å²) in [5.74, 6) is -0.238. The summed E-state index contributed by atoms with van der Waals surface area (Å²) in [4.78, 5) is 16.1. The SMILES string of the molecule is COc1ccc(CC(=O)Cc2csc(C)n2)cc1F. The molecule has 3 nitrogen and oxygen atoms in total. The van der Waals surface area contributed by atoms with E-state index in [1.54, 1.807) is 6.07 Å². The van der Waals surface area contributed by atoms with Gasteiger partial charge >= 0.3 is 0 Å². The van der Waals surface area contributed by atoms with Gasteiger partial charge in [-0.3, -0.25) is 4.79 Å². The Morgan fingerprint density at radius 2 is 2.21 bits per heavy atom. The Labute approximate surface area is 115 Å². The number of carbonyl (C=O) groups excluding carboxylic acids is 1. The van der Waals surface area contributed by atoms with Crippen LogP contribution in [0, 0.1) is 12.7 Å². The van der Waals surface area contributed by atoms with Gasteiger partial charge in [0.2, 0.25) is 0 Å². The first-order valence-corrected chi connectivity index (χ1v) is 6.71. The van der Waals surface area contributed by atoms with Crippen LogP contribution in [-0.4, -0.2) is 17.9 Å². The number of ether oxygens (including phenoxy) is 1. The third-order valence-corrected chi connectivity index (χ3v) is 3.48. The Hall–Kier alpha value is -1.75. The summed E-state index contributed by atoms with van der Waals surface area (Å²) in [5, 5.41) is 2.82. The summed E-state index contributed by atoms with van der Waals surface area (Å²) < 4.78 is 18.3. The number of nitrogens with zero attached hydrogens (tertiary/aromatic N) is 1. The van der Waals surface area contributed by atoms with Gasteiger partial charge in [-0.25, -0.2) is 9.37 Å². The van der Waals surface area contributed by atoms with Crippen LogP contribution < -0.4 is 4.74 Å². The highest BCUT2D eigenvalue weighted by Gasteiger charge is 2.10. The zero-order valence-corrected chi connectivity index (χ0v) is 11.6. The molecule has 0 bridgehead atoms. The van der Waals surface area contributed by atoms with E-state index in [0.717, 1.165) is 10.7 Å². The molecule has 0 saturated carbocycles. The number of aryl methyl sites for hydroxylation is 1. The van der Waals surface area contributed by atoms with Crippen LogP contribution in [0.4, 0.5) is 4.39 Å². The van der Waals surface area contributed by atoms with Crippen molar-refractivity contribution in [1.82, 2.24) is 4.98 Å². The molecule has 19 heavy (non-hydrogen) atoms. The Morgan fingerprint density at radius 3 is 2.79 bits per heavy atom. The van der Waals surface area contributed by atoms with Gasteiger partial charge in [0.25, 0.3) is 0 Å². The van der Waals surface area contributed by atoms with Gasteiger partial charge in [0.15, 0.2) is 11.6 Å². The molecule has 2 rings (SSSR count). The van der Waals surface area contributed by atoms with Gasteiger partial charge in [-0.2, -0.15) is 0 Å².